The van der Waals surface area contributed by atoms with E-state index in [1.54, 1.807) is 28.2 Å². The molecule has 6 rings (SSSR count). The van der Waals surface area contributed by atoms with Crippen molar-refractivity contribution in [3.63, 3.8) is 0 Å². The third-order valence-electron chi connectivity index (χ3n) is 7.23. The summed E-state index contributed by atoms with van der Waals surface area (Å²) in [6.07, 6.45) is 5.19. The number of pyridine rings is 1. The highest BCUT2D eigenvalue weighted by Gasteiger charge is 2.34. The van der Waals surface area contributed by atoms with Crippen LogP contribution in [-0.2, 0) is 22.7 Å². The number of amides is 2. The number of carbonyl (C=O) groups excluding carboxylic acids is 2. The molecule has 210 valence electrons. The van der Waals surface area contributed by atoms with Gasteiger partial charge in [0.15, 0.2) is 0 Å². The van der Waals surface area contributed by atoms with Gasteiger partial charge in [-0.3, -0.25) is 14.6 Å². The van der Waals surface area contributed by atoms with Crippen LogP contribution in [0.15, 0.2) is 104 Å². The lowest BCUT2D eigenvalue weighted by molar-refractivity contribution is -0.140. The Morgan fingerprint density at radius 2 is 1.74 bits per heavy atom. The minimum atomic E-state index is -0.961. The lowest BCUT2D eigenvalue weighted by atomic mass is 10.0. The molecule has 0 radical (unpaired) electrons. The van der Waals surface area contributed by atoms with Crippen molar-refractivity contribution < 1.29 is 9.59 Å². The van der Waals surface area contributed by atoms with E-state index in [1.165, 1.54) is 0 Å². The topological polar surface area (TPSA) is 112 Å². The van der Waals surface area contributed by atoms with Crippen LogP contribution >= 0.6 is 0 Å². The standard InChI is InChI=1S/C32H30N8O2/c1-38(2)24-15-13-23(14-16-24)35-32(42)31(26-19-34-27-10-4-3-9-25(26)27)39(20-22-8-7-17-33-18-22)30(41)21-40-29-12-6-5-11-28(29)36-37-40/h3-19,31,34H,20-21H2,1-2H3,(H,35,42). The SMILES string of the molecule is CN(C)c1ccc(NC(=O)C(c2c[nH]c3ccccc23)N(Cc2cccnc2)C(=O)Cn2nnc3ccccc32)cc1. The first kappa shape index (κ1) is 26.7. The van der Waals surface area contributed by atoms with E-state index in [2.05, 4.69) is 25.6 Å². The number of H-pyrrole nitrogens is 1. The highest BCUT2D eigenvalue weighted by atomic mass is 16.2. The first-order valence-electron chi connectivity index (χ1n) is 13.6. The largest absolute Gasteiger partial charge is 0.378 e. The van der Waals surface area contributed by atoms with Crippen LogP contribution in [0.2, 0.25) is 0 Å². The molecule has 1 atom stereocenters. The van der Waals surface area contributed by atoms with Crippen molar-refractivity contribution >= 4 is 45.1 Å². The fraction of sp³-hybridized carbons (Fsp3) is 0.156. The van der Waals surface area contributed by atoms with Gasteiger partial charge in [-0.05, 0) is 54.1 Å². The molecule has 0 saturated heterocycles. The maximum Gasteiger partial charge on any atom is 0.251 e. The third-order valence-corrected chi connectivity index (χ3v) is 7.23. The molecule has 3 aromatic heterocycles. The Morgan fingerprint density at radius 1 is 0.952 bits per heavy atom. The Kier molecular flexibility index (Phi) is 7.33. The Hall–Kier alpha value is -5.51. The van der Waals surface area contributed by atoms with Gasteiger partial charge in [-0.2, -0.15) is 0 Å². The maximum absolute atomic E-state index is 14.2. The molecule has 0 saturated carbocycles. The van der Waals surface area contributed by atoms with Crippen LogP contribution in [0.1, 0.15) is 17.2 Å². The number of hydrogen-bond acceptors (Lipinski definition) is 6. The molecule has 0 aliphatic heterocycles. The molecule has 10 heteroatoms. The van der Waals surface area contributed by atoms with E-state index >= 15 is 0 Å². The van der Waals surface area contributed by atoms with Crippen LogP contribution in [0.5, 0.6) is 0 Å². The monoisotopic (exact) mass is 558 g/mol. The summed E-state index contributed by atoms with van der Waals surface area (Å²) in [7, 11) is 3.92. The van der Waals surface area contributed by atoms with Gasteiger partial charge >= 0.3 is 0 Å². The van der Waals surface area contributed by atoms with Gasteiger partial charge in [0.05, 0.1) is 5.52 Å². The molecule has 3 aromatic carbocycles. The van der Waals surface area contributed by atoms with Gasteiger partial charge in [0.1, 0.15) is 18.1 Å². The molecule has 2 amide bonds. The van der Waals surface area contributed by atoms with Gasteiger partial charge < -0.3 is 20.1 Å². The maximum atomic E-state index is 14.2. The van der Waals surface area contributed by atoms with Crippen LogP contribution < -0.4 is 10.2 Å². The summed E-state index contributed by atoms with van der Waals surface area (Å²) in [5, 5.41) is 12.3. The molecule has 42 heavy (non-hydrogen) atoms. The van der Waals surface area contributed by atoms with Gasteiger partial charge in [0.25, 0.3) is 5.91 Å². The highest BCUT2D eigenvalue weighted by Crippen LogP contribution is 2.32. The molecule has 0 aliphatic rings. The van der Waals surface area contributed by atoms with Gasteiger partial charge in [0, 0.05) is 67.1 Å². The average molecular weight is 559 g/mol. The number of anilines is 2. The zero-order valence-electron chi connectivity index (χ0n) is 23.3. The molecule has 0 bridgehead atoms. The molecule has 10 nitrogen and oxygen atoms in total. The summed E-state index contributed by atoms with van der Waals surface area (Å²) in [6, 6.07) is 25.5. The van der Waals surface area contributed by atoms with E-state index in [0.717, 1.165) is 27.7 Å². The number of nitrogens with zero attached hydrogens (tertiary/aromatic N) is 6. The number of aromatic amines is 1. The van der Waals surface area contributed by atoms with Gasteiger partial charge in [-0.15, -0.1) is 5.10 Å². The number of para-hydroxylation sites is 2. The molecule has 0 spiro atoms. The molecular formula is C32H30N8O2. The van der Waals surface area contributed by atoms with Crippen LogP contribution in [-0.4, -0.2) is 55.8 Å². The van der Waals surface area contributed by atoms with E-state index in [9.17, 15) is 9.59 Å². The van der Waals surface area contributed by atoms with E-state index in [-0.39, 0.29) is 24.9 Å². The molecule has 1 unspecified atom stereocenters. The first-order chi connectivity index (χ1) is 20.5. The lowest BCUT2D eigenvalue weighted by Crippen LogP contribution is -2.42. The number of nitrogens with one attached hydrogen (secondary N) is 2. The summed E-state index contributed by atoms with van der Waals surface area (Å²) >= 11 is 0. The predicted octanol–water partition coefficient (Wildman–Crippen LogP) is 4.78. The number of rotatable bonds is 9. The Labute approximate surface area is 242 Å². The van der Waals surface area contributed by atoms with Crippen LogP contribution in [0, 0.1) is 0 Å². The Balaban J connectivity index is 1.42. The van der Waals surface area contributed by atoms with Gasteiger partial charge in [-0.1, -0.05) is 41.6 Å². The van der Waals surface area contributed by atoms with Gasteiger partial charge in [0.2, 0.25) is 5.91 Å². The van der Waals surface area contributed by atoms with Crippen LogP contribution in [0.4, 0.5) is 11.4 Å². The number of carbonyl (C=O) groups is 2. The van der Waals surface area contributed by atoms with E-state index in [0.29, 0.717) is 16.8 Å². The quantitative estimate of drug-likeness (QED) is 0.264. The molecule has 0 aliphatic carbocycles. The summed E-state index contributed by atoms with van der Waals surface area (Å²) in [5.41, 5.74) is 5.42. The zero-order chi connectivity index (χ0) is 29.1. The molecule has 6 aromatic rings. The van der Waals surface area contributed by atoms with Crippen molar-refractivity contribution in [1.29, 1.82) is 0 Å². The normalized spacial score (nSPS) is 11.9. The number of fused-ring (bicyclic) bond motifs is 2. The summed E-state index contributed by atoms with van der Waals surface area (Å²) < 4.78 is 1.57. The second-order valence-electron chi connectivity index (χ2n) is 10.2. The second kappa shape index (κ2) is 11.5. The van der Waals surface area contributed by atoms with E-state index < -0.39 is 6.04 Å². The molecule has 3 heterocycles. The van der Waals surface area contributed by atoms with Crippen molar-refractivity contribution in [1.82, 2.24) is 29.9 Å². The first-order valence-corrected chi connectivity index (χ1v) is 13.6. The Morgan fingerprint density at radius 3 is 2.52 bits per heavy atom. The number of hydrogen-bond donors (Lipinski definition) is 2. The van der Waals surface area contributed by atoms with Crippen LogP contribution in [0.25, 0.3) is 21.9 Å². The minimum Gasteiger partial charge on any atom is -0.378 e. The highest BCUT2D eigenvalue weighted by molar-refractivity contribution is 6.01. The van der Waals surface area contributed by atoms with Crippen molar-refractivity contribution in [2.45, 2.75) is 19.1 Å². The van der Waals surface area contributed by atoms with E-state index in [1.807, 2.05) is 104 Å². The van der Waals surface area contributed by atoms with Gasteiger partial charge in [-0.25, -0.2) is 4.68 Å². The zero-order valence-corrected chi connectivity index (χ0v) is 23.3. The smallest absolute Gasteiger partial charge is 0.251 e. The third kappa shape index (κ3) is 5.42. The van der Waals surface area contributed by atoms with E-state index in [4.69, 9.17) is 0 Å². The average Bonchev–Trinajstić information content (AvgIpc) is 3.62. The summed E-state index contributed by atoms with van der Waals surface area (Å²) in [5.74, 6) is -0.624. The fourth-order valence-corrected chi connectivity index (χ4v) is 5.09. The lowest BCUT2D eigenvalue weighted by Gasteiger charge is -2.31. The molecular weight excluding hydrogens is 528 g/mol. The minimum absolute atomic E-state index is 0.0928. The molecule has 2 N–H and O–H groups in total. The molecule has 0 fully saturated rings. The van der Waals surface area contributed by atoms with Crippen molar-refractivity contribution in [3.8, 4) is 0 Å². The summed E-state index contributed by atoms with van der Waals surface area (Å²) in [6.45, 7) is 0.0703. The predicted molar refractivity (Wildman–Crippen MR) is 163 cm³/mol. The van der Waals surface area contributed by atoms with Crippen molar-refractivity contribution in [3.05, 3.63) is 115 Å². The van der Waals surface area contributed by atoms with Crippen molar-refractivity contribution in [2.75, 3.05) is 24.3 Å². The van der Waals surface area contributed by atoms with Crippen LogP contribution in [0.3, 0.4) is 0 Å². The Bertz CT molecular complexity index is 1840. The second-order valence-corrected chi connectivity index (χ2v) is 10.2. The number of benzene rings is 3. The number of aromatic nitrogens is 5. The summed E-state index contributed by atoms with van der Waals surface area (Å²) in [4.78, 5) is 39.6. The fourth-order valence-electron chi connectivity index (χ4n) is 5.09. The van der Waals surface area contributed by atoms with Crippen molar-refractivity contribution in [2.24, 2.45) is 0 Å².